The van der Waals surface area contributed by atoms with Crippen LogP contribution in [0.15, 0.2) is 53.9 Å². The molecule has 0 saturated heterocycles. The number of thiazole rings is 1. The first-order chi connectivity index (χ1) is 13.0. The number of aryl methyl sites for hydroxylation is 2. The maximum atomic E-state index is 12.3. The first-order valence-corrected chi connectivity index (χ1v) is 9.92. The van der Waals surface area contributed by atoms with Crippen molar-refractivity contribution in [2.75, 3.05) is 6.54 Å². The van der Waals surface area contributed by atoms with E-state index in [0.717, 1.165) is 33.1 Å². The van der Waals surface area contributed by atoms with Gasteiger partial charge in [0.1, 0.15) is 10.8 Å². The molecule has 27 heavy (non-hydrogen) atoms. The van der Waals surface area contributed by atoms with Gasteiger partial charge in [0.15, 0.2) is 6.10 Å². The summed E-state index contributed by atoms with van der Waals surface area (Å²) in [6.45, 7) is 6.34. The Balaban J connectivity index is 1.48. The molecule has 4 nitrogen and oxygen atoms in total. The molecule has 0 saturated carbocycles. The topological polar surface area (TPSA) is 51.2 Å². The molecule has 3 rings (SSSR count). The fourth-order valence-electron chi connectivity index (χ4n) is 2.85. The molecule has 1 heterocycles. The maximum Gasteiger partial charge on any atom is 0.260 e. The zero-order valence-corrected chi connectivity index (χ0v) is 16.7. The molecular weight excluding hydrogens is 356 g/mol. The van der Waals surface area contributed by atoms with Crippen LogP contribution in [0.2, 0.25) is 0 Å². The largest absolute Gasteiger partial charge is 0.481 e. The van der Waals surface area contributed by atoms with E-state index in [1.165, 1.54) is 0 Å². The van der Waals surface area contributed by atoms with Crippen LogP contribution in [-0.2, 0) is 11.2 Å². The minimum atomic E-state index is -0.540. The number of aromatic nitrogens is 1. The minimum Gasteiger partial charge on any atom is -0.481 e. The number of benzene rings is 2. The molecule has 0 spiro atoms. The second kappa shape index (κ2) is 8.82. The van der Waals surface area contributed by atoms with E-state index in [0.29, 0.717) is 13.0 Å². The Morgan fingerprint density at radius 1 is 1.15 bits per heavy atom. The van der Waals surface area contributed by atoms with E-state index in [1.807, 2.05) is 49.6 Å². The van der Waals surface area contributed by atoms with Gasteiger partial charge in [0.25, 0.3) is 5.91 Å². The second-order valence-corrected chi connectivity index (χ2v) is 7.49. The van der Waals surface area contributed by atoms with E-state index in [-0.39, 0.29) is 5.91 Å². The first-order valence-electron chi connectivity index (χ1n) is 9.04. The molecule has 1 aromatic heterocycles. The highest BCUT2D eigenvalue weighted by atomic mass is 32.1. The molecule has 2 aromatic carbocycles. The third-order valence-electron chi connectivity index (χ3n) is 4.13. The predicted molar refractivity (Wildman–Crippen MR) is 110 cm³/mol. The number of rotatable bonds is 7. The Morgan fingerprint density at radius 2 is 1.85 bits per heavy atom. The van der Waals surface area contributed by atoms with E-state index in [9.17, 15) is 4.79 Å². The van der Waals surface area contributed by atoms with Crippen molar-refractivity contribution in [3.8, 4) is 16.3 Å². The molecule has 0 aliphatic heterocycles. The lowest BCUT2D eigenvalue weighted by molar-refractivity contribution is -0.127. The van der Waals surface area contributed by atoms with Crippen molar-refractivity contribution in [2.24, 2.45) is 0 Å². The second-order valence-electron chi connectivity index (χ2n) is 6.63. The third kappa shape index (κ3) is 5.41. The number of hydrogen-bond donors (Lipinski definition) is 1. The average molecular weight is 381 g/mol. The molecule has 0 unspecified atom stereocenters. The van der Waals surface area contributed by atoms with Crippen LogP contribution in [0.3, 0.4) is 0 Å². The number of carbonyl (C=O) groups excluding carboxylic acids is 1. The van der Waals surface area contributed by atoms with Gasteiger partial charge in [-0.2, -0.15) is 0 Å². The van der Waals surface area contributed by atoms with Crippen LogP contribution in [0.4, 0.5) is 0 Å². The Kier molecular flexibility index (Phi) is 6.24. The Bertz CT molecular complexity index is 885. The first kappa shape index (κ1) is 19.1. The van der Waals surface area contributed by atoms with Crippen molar-refractivity contribution >= 4 is 17.2 Å². The highest BCUT2D eigenvalue weighted by molar-refractivity contribution is 7.13. The van der Waals surface area contributed by atoms with Crippen LogP contribution in [0.25, 0.3) is 10.6 Å². The quantitative estimate of drug-likeness (QED) is 0.654. The molecule has 0 radical (unpaired) electrons. The highest BCUT2D eigenvalue weighted by Crippen LogP contribution is 2.23. The SMILES string of the molecule is Cc1cc(C)cc(O[C@H](C)C(=O)NCCc2csc(-c3ccccc3)n2)c1. The summed E-state index contributed by atoms with van der Waals surface area (Å²) in [7, 11) is 0. The van der Waals surface area contributed by atoms with Crippen LogP contribution < -0.4 is 10.1 Å². The van der Waals surface area contributed by atoms with Gasteiger partial charge < -0.3 is 10.1 Å². The molecule has 0 fully saturated rings. The van der Waals surface area contributed by atoms with Gasteiger partial charge in [0, 0.05) is 23.9 Å². The van der Waals surface area contributed by atoms with Crippen molar-refractivity contribution in [1.29, 1.82) is 0 Å². The van der Waals surface area contributed by atoms with Crippen LogP contribution in [0, 0.1) is 13.8 Å². The average Bonchev–Trinajstić information content (AvgIpc) is 3.10. The van der Waals surface area contributed by atoms with Gasteiger partial charge in [-0.25, -0.2) is 4.98 Å². The van der Waals surface area contributed by atoms with Crippen LogP contribution in [-0.4, -0.2) is 23.5 Å². The molecule has 5 heteroatoms. The van der Waals surface area contributed by atoms with Gasteiger partial charge in [-0.3, -0.25) is 4.79 Å². The third-order valence-corrected chi connectivity index (χ3v) is 5.07. The lowest BCUT2D eigenvalue weighted by Crippen LogP contribution is -2.37. The summed E-state index contributed by atoms with van der Waals surface area (Å²) >= 11 is 1.62. The van der Waals surface area contributed by atoms with Crippen molar-refractivity contribution in [3.05, 3.63) is 70.7 Å². The van der Waals surface area contributed by atoms with Crippen molar-refractivity contribution < 1.29 is 9.53 Å². The summed E-state index contributed by atoms with van der Waals surface area (Å²) in [6.07, 6.45) is 0.159. The fourth-order valence-corrected chi connectivity index (χ4v) is 3.71. The van der Waals surface area contributed by atoms with E-state index >= 15 is 0 Å². The van der Waals surface area contributed by atoms with Gasteiger partial charge in [-0.1, -0.05) is 36.4 Å². The summed E-state index contributed by atoms with van der Waals surface area (Å²) in [4.78, 5) is 16.9. The monoisotopic (exact) mass is 380 g/mol. The lowest BCUT2D eigenvalue weighted by Gasteiger charge is -2.15. The van der Waals surface area contributed by atoms with E-state index in [2.05, 4.69) is 28.5 Å². The Morgan fingerprint density at radius 3 is 2.56 bits per heavy atom. The van der Waals surface area contributed by atoms with Crippen LogP contribution >= 0.6 is 11.3 Å². The Labute approximate surface area is 164 Å². The number of hydrogen-bond acceptors (Lipinski definition) is 4. The van der Waals surface area contributed by atoms with Crippen molar-refractivity contribution in [3.63, 3.8) is 0 Å². The smallest absolute Gasteiger partial charge is 0.260 e. The van der Waals surface area contributed by atoms with Crippen LogP contribution in [0.5, 0.6) is 5.75 Å². The summed E-state index contributed by atoms with van der Waals surface area (Å²) in [5.74, 6) is 0.606. The normalized spacial score (nSPS) is 11.8. The summed E-state index contributed by atoms with van der Waals surface area (Å²) < 4.78 is 5.78. The number of nitrogens with one attached hydrogen (secondary N) is 1. The van der Waals surface area contributed by atoms with Gasteiger partial charge in [0.2, 0.25) is 0 Å². The van der Waals surface area contributed by atoms with E-state index in [1.54, 1.807) is 18.3 Å². The zero-order valence-electron chi connectivity index (χ0n) is 15.9. The molecule has 1 N–H and O–H groups in total. The minimum absolute atomic E-state index is 0.118. The number of ether oxygens (including phenoxy) is 1. The molecule has 0 aliphatic rings. The number of amides is 1. The molecule has 3 aromatic rings. The summed E-state index contributed by atoms with van der Waals surface area (Å²) in [5, 5.41) is 5.98. The maximum absolute atomic E-state index is 12.3. The molecule has 140 valence electrons. The molecular formula is C22H24N2O2S. The van der Waals surface area contributed by atoms with Crippen LogP contribution in [0.1, 0.15) is 23.7 Å². The molecule has 1 amide bonds. The van der Waals surface area contributed by atoms with Gasteiger partial charge in [-0.05, 0) is 44.0 Å². The van der Waals surface area contributed by atoms with E-state index < -0.39 is 6.10 Å². The van der Waals surface area contributed by atoms with Crippen molar-refractivity contribution in [1.82, 2.24) is 10.3 Å². The van der Waals surface area contributed by atoms with Gasteiger partial charge >= 0.3 is 0 Å². The fraction of sp³-hybridized carbons (Fsp3) is 0.273. The lowest BCUT2D eigenvalue weighted by atomic mass is 10.1. The predicted octanol–water partition coefficient (Wildman–Crippen LogP) is 4.55. The summed E-state index contributed by atoms with van der Waals surface area (Å²) in [6, 6.07) is 16.1. The number of carbonyl (C=O) groups is 1. The molecule has 1 atom stereocenters. The molecule has 0 bridgehead atoms. The van der Waals surface area contributed by atoms with Crippen molar-refractivity contribution in [2.45, 2.75) is 33.3 Å². The van der Waals surface area contributed by atoms with E-state index in [4.69, 9.17) is 4.74 Å². The zero-order chi connectivity index (χ0) is 19.2. The highest BCUT2D eigenvalue weighted by Gasteiger charge is 2.14. The summed E-state index contributed by atoms with van der Waals surface area (Å²) in [5.41, 5.74) is 4.35. The molecule has 0 aliphatic carbocycles. The van der Waals surface area contributed by atoms with Gasteiger partial charge in [-0.15, -0.1) is 11.3 Å². The van der Waals surface area contributed by atoms with Gasteiger partial charge in [0.05, 0.1) is 5.69 Å². The number of nitrogens with zero attached hydrogens (tertiary/aromatic N) is 1. The standard InChI is InChI=1S/C22H24N2O2S/c1-15-11-16(2)13-20(12-15)26-17(3)21(25)23-10-9-19-14-27-22(24-19)18-7-5-4-6-8-18/h4-8,11-14,17H,9-10H2,1-3H3,(H,23,25)/t17-/m1/s1. The Hall–Kier alpha value is -2.66.